The van der Waals surface area contributed by atoms with E-state index >= 15 is 0 Å². The Bertz CT molecular complexity index is 689. The number of rotatable bonds is 2. The Morgan fingerprint density at radius 1 is 0.773 bits per heavy atom. The van der Waals surface area contributed by atoms with Crippen LogP contribution in [0.15, 0.2) is 36.4 Å². The minimum absolute atomic E-state index is 0.0869. The van der Waals surface area contributed by atoms with Gasteiger partial charge in [0.05, 0.1) is 5.02 Å². The molecule has 0 unspecified atom stereocenters. The highest BCUT2D eigenvalue weighted by Crippen LogP contribution is 2.19. The van der Waals surface area contributed by atoms with E-state index in [2.05, 4.69) is 10.6 Å². The first-order valence-electron chi connectivity index (χ1n) is 5.89. The van der Waals surface area contributed by atoms with Gasteiger partial charge in [-0.25, -0.2) is 13.2 Å². The largest absolute Gasteiger partial charge is 0.318 e. The number of nitrogens with one attached hydrogen (secondary N) is 2. The molecule has 0 aromatic heterocycles. The average Bonchev–Trinajstić information content (AvgIpc) is 2.46. The Kier molecular flexibility index (Phi) is 4.67. The molecule has 0 fully saturated rings. The van der Waals surface area contributed by atoms with Crippen molar-refractivity contribution in [3.05, 3.63) is 58.9 Å². The van der Waals surface area contributed by atoms with Crippen LogP contribution in [0.25, 0.3) is 0 Å². The molecule has 114 valence electrons. The molecule has 0 radical (unpaired) electrons. The molecule has 0 saturated carbocycles. The van der Waals surface area contributed by atoms with Crippen molar-refractivity contribution in [3.8, 4) is 0 Å². The maximum Gasteiger partial charge on any atom is 0.314 e. The van der Waals surface area contributed by atoms with Crippen LogP contribution in [0.3, 0.4) is 0 Å². The van der Waals surface area contributed by atoms with Crippen molar-refractivity contribution in [2.24, 2.45) is 0 Å². The molecule has 0 saturated heterocycles. The minimum Gasteiger partial charge on any atom is -0.318 e. The molecule has 2 amide bonds. The summed E-state index contributed by atoms with van der Waals surface area (Å²) in [4.78, 5) is 23.3. The molecule has 4 nitrogen and oxygen atoms in total. The molecular formula is C14H8ClF3N2O2. The zero-order valence-electron chi connectivity index (χ0n) is 10.8. The first-order chi connectivity index (χ1) is 10.4. The Balaban J connectivity index is 2.04. The monoisotopic (exact) mass is 328 g/mol. The fourth-order valence-corrected chi connectivity index (χ4v) is 1.70. The van der Waals surface area contributed by atoms with Gasteiger partial charge in [-0.3, -0.25) is 9.59 Å². The number of carbonyl (C=O) groups is 2. The lowest BCUT2D eigenvalue weighted by molar-refractivity contribution is -0.133. The summed E-state index contributed by atoms with van der Waals surface area (Å²) in [6.07, 6.45) is 0. The summed E-state index contributed by atoms with van der Waals surface area (Å²) >= 11 is 5.53. The molecule has 0 aliphatic rings. The summed E-state index contributed by atoms with van der Waals surface area (Å²) in [7, 11) is 0. The van der Waals surface area contributed by atoms with Crippen LogP contribution in [0.5, 0.6) is 0 Å². The van der Waals surface area contributed by atoms with Crippen molar-refractivity contribution in [1.29, 1.82) is 0 Å². The molecule has 0 spiro atoms. The maximum atomic E-state index is 13.0. The van der Waals surface area contributed by atoms with E-state index in [1.165, 1.54) is 6.07 Å². The van der Waals surface area contributed by atoms with Crippen molar-refractivity contribution in [1.82, 2.24) is 0 Å². The fraction of sp³-hybridized carbons (Fsp3) is 0. The highest BCUT2D eigenvalue weighted by atomic mass is 35.5. The lowest BCUT2D eigenvalue weighted by Crippen LogP contribution is -2.29. The molecule has 2 aromatic rings. The van der Waals surface area contributed by atoms with Gasteiger partial charge < -0.3 is 10.6 Å². The summed E-state index contributed by atoms with van der Waals surface area (Å²) in [6, 6.07) is 5.99. The van der Waals surface area contributed by atoms with Crippen molar-refractivity contribution < 1.29 is 22.8 Å². The average molecular weight is 329 g/mol. The van der Waals surface area contributed by atoms with E-state index in [-0.39, 0.29) is 16.4 Å². The highest BCUT2D eigenvalue weighted by molar-refractivity contribution is 6.43. The quantitative estimate of drug-likeness (QED) is 0.831. The van der Waals surface area contributed by atoms with E-state index in [1.807, 2.05) is 0 Å². The van der Waals surface area contributed by atoms with Gasteiger partial charge in [-0.1, -0.05) is 11.6 Å². The molecule has 0 heterocycles. The van der Waals surface area contributed by atoms with E-state index in [9.17, 15) is 22.8 Å². The van der Waals surface area contributed by atoms with Crippen molar-refractivity contribution in [3.63, 3.8) is 0 Å². The third kappa shape index (κ3) is 3.76. The van der Waals surface area contributed by atoms with E-state index in [4.69, 9.17) is 11.6 Å². The van der Waals surface area contributed by atoms with Gasteiger partial charge in [0.15, 0.2) is 11.6 Å². The standard InChI is InChI=1S/C14H8ClF3N2O2/c15-9-5-7(1-3-10(9)16)19-13(21)14(22)20-8-2-4-11(17)12(18)6-8/h1-6H,(H,19,21)(H,20,22). The van der Waals surface area contributed by atoms with Gasteiger partial charge in [0.1, 0.15) is 5.82 Å². The van der Waals surface area contributed by atoms with Crippen molar-refractivity contribution in [2.75, 3.05) is 10.6 Å². The van der Waals surface area contributed by atoms with Crippen LogP contribution < -0.4 is 10.6 Å². The van der Waals surface area contributed by atoms with E-state index in [1.54, 1.807) is 0 Å². The Morgan fingerprint density at radius 2 is 1.27 bits per heavy atom. The smallest absolute Gasteiger partial charge is 0.314 e. The molecule has 2 aromatic carbocycles. The third-order valence-electron chi connectivity index (χ3n) is 2.56. The Hall–Kier alpha value is -2.54. The Morgan fingerprint density at radius 3 is 1.77 bits per heavy atom. The van der Waals surface area contributed by atoms with Gasteiger partial charge in [-0.15, -0.1) is 0 Å². The number of benzene rings is 2. The molecule has 2 N–H and O–H groups in total. The van der Waals surface area contributed by atoms with Crippen LogP contribution in [0, 0.1) is 17.5 Å². The number of amides is 2. The van der Waals surface area contributed by atoms with Gasteiger partial charge in [0.25, 0.3) is 0 Å². The summed E-state index contributed by atoms with van der Waals surface area (Å²) < 4.78 is 38.7. The Labute approximate surface area is 127 Å². The van der Waals surface area contributed by atoms with E-state index < -0.39 is 29.3 Å². The maximum absolute atomic E-state index is 13.0. The topological polar surface area (TPSA) is 58.2 Å². The van der Waals surface area contributed by atoms with Crippen LogP contribution in [-0.2, 0) is 9.59 Å². The van der Waals surface area contributed by atoms with Crippen LogP contribution in [-0.4, -0.2) is 11.8 Å². The summed E-state index contributed by atoms with van der Waals surface area (Å²) in [5.41, 5.74) is 0.0213. The van der Waals surface area contributed by atoms with Gasteiger partial charge >= 0.3 is 11.8 Å². The number of anilines is 2. The van der Waals surface area contributed by atoms with Crippen molar-refractivity contribution >= 4 is 34.8 Å². The van der Waals surface area contributed by atoms with Gasteiger partial charge in [0, 0.05) is 17.4 Å². The SMILES string of the molecule is O=C(Nc1ccc(F)c(F)c1)C(=O)Nc1ccc(F)c(Cl)c1. The number of hydrogen-bond acceptors (Lipinski definition) is 2. The number of hydrogen-bond donors (Lipinski definition) is 2. The molecule has 0 bridgehead atoms. The van der Waals surface area contributed by atoms with Gasteiger partial charge in [-0.2, -0.15) is 0 Å². The summed E-state index contributed by atoms with van der Waals surface area (Å²) in [5.74, 6) is -5.10. The van der Waals surface area contributed by atoms with Crippen LogP contribution in [0.4, 0.5) is 24.5 Å². The molecule has 2 rings (SSSR count). The van der Waals surface area contributed by atoms with Crippen molar-refractivity contribution in [2.45, 2.75) is 0 Å². The van der Waals surface area contributed by atoms with Crippen LogP contribution in [0.1, 0.15) is 0 Å². The predicted octanol–water partition coefficient (Wildman–Crippen LogP) is 3.33. The number of carbonyl (C=O) groups excluding carboxylic acids is 2. The van der Waals surface area contributed by atoms with Gasteiger partial charge in [0.2, 0.25) is 0 Å². The second-order valence-corrected chi connectivity index (χ2v) is 4.57. The van der Waals surface area contributed by atoms with E-state index in [0.29, 0.717) is 0 Å². The molecule has 0 atom stereocenters. The normalized spacial score (nSPS) is 10.2. The summed E-state index contributed by atoms with van der Waals surface area (Å²) in [6.45, 7) is 0. The molecule has 22 heavy (non-hydrogen) atoms. The summed E-state index contributed by atoms with van der Waals surface area (Å²) in [5, 5.41) is 4.05. The lowest BCUT2D eigenvalue weighted by atomic mass is 10.3. The highest BCUT2D eigenvalue weighted by Gasteiger charge is 2.15. The van der Waals surface area contributed by atoms with Crippen LogP contribution in [0.2, 0.25) is 5.02 Å². The lowest BCUT2D eigenvalue weighted by Gasteiger charge is -2.07. The second-order valence-electron chi connectivity index (χ2n) is 4.17. The molecule has 0 aliphatic carbocycles. The van der Waals surface area contributed by atoms with E-state index in [0.717, 1.165) is 30.3 Å². The molecule has 0 aliphatic heterocycles. The second kappa shape index (κ2) is 6.48. The zero-order valence-corrected chi connectivity index (χ0v) is 11.5. The minimum atomic E-state index is -1.16. The van der Waals surface area contributed by atoms with Gasteiger partial charge in [-0.05, 0) is 30.3 Å². The first-order valence-corrected chi connectivity index (χ1v) is 6.27. The number of halogens is 4. The predicted molar refractivity (Wildman–Crippen MR) is 75.0 cm³/mol. The fourth-order valence-electron chi connectivity index (χ4n) is 1.52. The third-order valence-corrected chi connectivity index (χ3v) is 2.85. The molecular weight excluding hydrogens is 321 g/mol. The first kappa shape index (κ1) is 15.8. The molecule has 8 heteroatoms. The zero-order chi connectivity index (χ0) is 16.3. The van der Waals surface area contributed by atoms with Crippen LogP contribution >= 0.6 is 11.6 Å².